The number of amides is 1. The molecule has 1 heterocycles. The summed E-state index contributed by atoms with van der Waals surface area (Å²) >= 11 is 2.14. The van der Waals surface area contributed by atoms with Crippen LogP contribution >= 0.6 is 22.6 Å². The molecule has 5 heteroatoms. The van der Waals surface area contributed by atoms with Crippen LogP contribution < -0.4 is 5.32 Å². The summed E-state index contributed by atoms with van der Waals surface area (Å²) in [5, 5.41) is 2.95. The molecule has 0 fully saturated rings. The van der Waals surface area contributed by atoms with Crippen molar-refractivity contribution in [3.8, 4) is 0 Å². The number of rotatable bonds is 5. The van der Waals surface area contributed by atoms with Crippen LogP contribution in [0.25, 0.3) is 0 Å². The van der Waals surface area contributed by atoms with E-state index in [0.29, 0.717) is 18.1 Å². The van der Waals surface area contributed by atoms with Gasteiger partial charge in [-0.3, -0.25) is 9.78 Å². The Morgan fingerprint density at radius 2 is 2.24 bits per heavy atom. The lowest BCUT2D eigenvalue weighted by molar-refractivity contribution is 0.0866. The molecule has 1 aromatic rings. The Morgan fingerprint density at radius 3 is 2.76 bits per heavy atom. The van der Waals surface area contributed by atoms with Crippen molar-refractivity contribution in [1.29, 1.82) is 0 Å². The third-order valence-corrected chi connectivity index (χ3v) is 3.02. The number of hydrogen-bond donors (Lipinski definition) is 1. The van der Waals surface area contributed by atoms with Gasteiger partial charge in [-0.2, -0.15) is 0 Å². The Morgan fingerprint density at radius 1 is 1.53 bits per heavy atom. The van der Waals surface area contributed by atoms with Crippen LogP contribution in [0.15, 0.2) is 18.5 Å². The van der Waals surface area contributed by atoms with Crippen LogP contribution in [0.5, 0.6) is 0 Å². The lowest BCUT2D eigenvalue weighted by atomic mass is 10.1. The summed E-state index contributed by atoms with van der Waals surface area (Å²) in [5.74, 6) is 0.224. The minimum atomic E-state index is -0.105. The van der Waals surface area contributed by atoms with Gasteiger partial charge in [0.25, 0.3) is 5.91 Å². The van der Waals surface area contributed by atoms with E-state index in [1.54, 1.807) is 19.5 Å². The number of hydrogen-bond acceptors (Lipinski definition) is 3. The number of pyridine rings is 1. The predicted octanol–water partition coefficient (Wildman–Crippen LogP) is 2.09. The van der Waals surface area contributed by atoms with Crippen LogP contribution in [0.3, 0.4) is 0 Å². The van der Waals surface area contributed by atoms with E-state index in [4.69, 9.17) is 4.74 Å². The molecule has 94 valence electrons. The van der Waals surface area contributed by atoms with Crippen molar-refractivity contribution in [2.75, 3.05) is 13.7 Å². The minimum Gasteiger partial charge on any atom is -0.383 e. The first-order valence-electron chi connectivity index (χ1n) is 5.45. The average molecular weight is 348 g/mol. The Hall–Kier alpha value is -0.690. The molecule has 1 rings (SSSR count). The summed E-state index contributed by atoms with van der Waals surface area (Å²) in [6, 6.07) is 1.83. The number of ether oxygens (including phenoxy) is 1. The molecule has 0 aliphatic heterocycles. The van der Waals surface area contributed by atoms with Crippen LogP contribution in [0.1, 0.15) is 24.2 Å². The quantitative estimate of drug-likeness (QED) is 0.829. The summed E-state index contributed by atoms with van der Waals surface area (Å²) in [6.07, 6.45) is 3.29. The van der Waals surface area contributed by atoms with Crippen molar-refractivity contribution < 1.29 is 9.53 Å². The van der Waals surface area contributed by atoms with Crippen molar-refractivity contribution in [3.05, 3.63) is 27.6 Å². The van der Waals surface area contributed by atoms with Gasteiger partial charge < -0.3 is 10.1 Å². The fourth-order valence-corrected chi connectivity index (χ4v) is 1.86. The van der Waals surface area contributed by atoms with Gasteiger partial charge in [0.2, 0.25) is 0 Å². The molecule has 0 unspecified atom stereocenters. The Kier molecular flexibility index (Phi) is 5.84. The van der Waals surface area contributed by atoms with Gasteiger partial charge in [-0.15, -0.1) is 0 Å². The average Bonchev–Trinajstić information content (AvgIpc) is 2.28. The fraction of sp³-hybridized carbons (Fsp3) is 0.500. The second kappa shape index (κ2) is 6.90. The maximum atomic E-state index is 12.0. The van der Waals surface area contributed by atoms with Crippen molar-refractivity contribution in [1.82, 2.24) is 10.3 Å². The lowest BCUT2D eigenvalue weighted by Gasteiger charge is -2.21. The molecular formula is C12H17IN2O2. The van der Waals surface area contributed by atoms with Gasteiger partial charge in [0.05, 0.1) is 18.2 Å². The minimum absolute atomic E-state index is 0.0189. The fourth-order valence-electron chi connectivity index (χ4n) is 1.37. The molecule has 1 aromatic heterocycles. The molecule has 0 bridgehead atoms. The summed E-state index contributed by atoms with van der Waals surface area (Å²) in [4.78, 5) is 16.0. The van der Waals surface area contributed by atoms with Gasteiger partial charge in [-0.05, 0) is 34.6 Å². The van der Waals surface area contributed by atoms with Crippen molar-refractivity contribution in [2.24, 2.45) is 5.92 Å². The van der Waals surface area contributed by atoms with E-state index in [1.807, 2.05) is 6.07 Å². The summed E-state index contributed by atoms with van der Waals surface area (Å²) in [7, 11) is 1.63. The third-order valence-electron chi connectivity index (χ3n) is 2.43. The van der Waals surface area contributed by atoms with Gasteiger partial charge in [0, 0.05) is 23.1 Å². The predicted molar refractivity (Wildman–Crippen MR) is 74.9 cm³/mol. The van der Waals surface area contributed by atoms with E-state index in [2.05, 4.69) is 46.7 Å². The van der Waals surface area contributed by atoms with Crippen LogP contribution in [0.4, 0.5) is 0 Å². The topological polar surface area (TPSA) is 51.2 Å². The molecule has 0 aliphatic carbocycles. The molecule has 0 aromatic carbocycles. The lowest BCUT2D eigenvalue weighted by Crippen LogP contribution is -2.41. The molecule has 0 saturated carbocycles. The second-order valence-electron chi connectivity index (χ2n) is 4.17. The van der Waals surface area contributed by atoms with E-state index in [9.17, 15) is 4.79 Å². The molecule has 1 N–H and O–H groups in total. The molecule has 0 radical (unpaired) electrons. The van der Waals surface area contributed by atoms with Gasteiger partial charge in [-0.1, -0.05) is 13.8 Å². The van der Waals surface area contributed by atoms with Crippen molar-refractivity contribution >= 4 is 28.5 Å². The van der Waals surface area contributed by atoms with Crippen LogP contribution in [-0.4, -0.2) is 30.6 Å². The maximum absolute atomic E-state index is 12.0. The summed E-state index contributed by atoms with van der Waals surface area (Å²) in [5.41, 5.74) is 0.582. The number of aromatic nitrogens is 1. The van der Waals surface area contributed by atoms with E-state index < -0.39 is 0 Å². The standard InChI is InChI=1S/C12H17IN2O2/c1-8(2)11(7-17-3)15-12(16)9-4-10(13)6-14-5-9/h4-6,8,11H,7H2,1-3H3,(H,15,16)/t11-/m1/s1. The zero-order valence-corrected chi connectivity index (χ0v) is 12.4. The van der Waals surface area contributed by atoms with Crippen molar-refractivity contribution in [2.45, 2.75) is 19.9 Å². The highest BCUT2D eigenvalue weighted by atomic mass is 127. The first-order chi connectivity index (χ1) is 8.04. The normalized spacial score (nSPS) is 12.5. The Balaban J connectivity index is 2.70. The molecule has 1 atom stereocenters. The smallest absolute Gasteiger partial charge is 0.253 e. The van der Waals surface area contributed by atoms with Gasteiger partial charge in [0.1, 0.15) is 0 Å². The molecule has 1 amide bonds. The zero-order chi connectivity index (χ0) is 12.8. The van der Waals surface area contributed by atoms with E-state index in [0.717, 1.165) is 3.57 Å². The van der Waals surface area contributed by atoms with Crippen LogP contribution in [0.2, 0.25) is 0 Å². The Bertz CT molecular complexity index is 383. The molecule has 0 aliphatic rings. The molecular weight excluding hydrogens is 331 g/mol. The van der Waals surface area contributed by atoms with Gasteiger partial charge in [0.15, 0.2) is 0 Å². The first-order valence-corrected chi connectivity index (χ1v) is 6.52. The molecule has 0 spiro atoms. The molecule has 4 nitrogen and oxygen atoms in total. The van der Waals surface area contributed by atoms with Crippen LogP contribution in [0, 0.1) is 9.49 Å². The highest BCUT2D eigenvalue weighted by Crippen LogP contribution is 2.07. The number of carbonyl (C=O) groups excluding carboxylic acids is 1. The second-order valence-corrected chi connectivity index (χ2v) is 5.42. The number of carbonyl (C=O) groups is 1. The van der Waals surface area contributed by atoms with Crippen molar-refractivity contribution in [3.63, 3.8) is 0 Å². The highest BCUT2D eigenvalue weighted by molar-refractivity contribution is 14.1. The molecule has 0 saturated heterocycles. The molecule has 17 heavy (non-hydrogen) atoms. The first kappa shape index (κ1) is 14.4. The van der Waals surface area contributed by atoms with Gasteiger partial charge >= 0.3 is 0 Å². The largest absolute Gasteiger partial charge is 0.383 e. The monoisotopic (exact) mass is 348 g/mol. The SMILES string of the molecule is COC[C@@H](NC(=O)c1cncc(I)c1)C(C)C. The number of halogens is 1. The van der Waals surface area contributed by atoms with E-state index in [1.165, 1.54) is 0 Å². The highest BCUT2D eigenvalue weighted by Gasteiger charge is 2.17. The number of methoxy groups -OCH3 is 1. The van der Waals surface area contributed by atoms with E-state index >= 15 is 0 Å². The summed E-state index contributed by atoms with van der Waals surface area (Å²) in [6.45, 7) is 4.62. The number of nitrogens with zero attached hydrogens (tertiary/aromatic N) is 1. The maximum Gasteiger partial charge on any atom is 0.253 e. The zero-order valence-electron chi connectivity index (χ0n) is 10.2. The third kappa shape index (κ3) is 4.59. The summed E-state index contributed by atoms with van der Waals surface area (Å²) < 4.78 is 6.04. The Labute approximate surface area is 115 Å². The van der Waals surface area contributed by atoms with E-state index in [-0.39, 0.29) is 11.9 Å². The van der Waals surface area contributed by atoms with Crippen LogP contribution in [-0.2, 0) is 4.74 Å². The number of nitrogens with one attached hydrogen (secondary N) is 1. The van der Waals surface area contributed by atoms with Gasteiger partial charge in [-0.25, -0.2) is 0 Å².